The molecule has 4 nitrogen and oxygen atoms in total. The Bertz CT molecular complexity index is 818. The van der Waals surface area contributed by atoms with Gasteiger partial charge in [-0.2, -0.15) is 0 Å². The second-order valence-electron chi connectivity index (χ2n) is 5.15. The van der Waals surface area contributed by atoms with Gasteiger partial charge in [-0.15, -0.1) is 10.2 Å². The summed E-state index contributed by atoms with van der Waals surface area (Å²) in [4.78, 5) is 0. The third-order valence-corrected chi connectivity index (χ3v) is 4.07. The normalized spacial score (nSPS) is 12.2. The number of benzene rings is 2. The van der Waals surface area contributed by atoms with E-state index in [0.29, 0.717) is 22.6 Å². The fourth-order valence-electron chi connectivity index (χ4n) is 2.02. The molecule has 0 aliphatic rings. The highest BCUT2D eigenvalue weighted by Crippen LogP contribution is 2.31. The molecule has 0 aliphatic heterocycles. The molecule has 0 saturated carbocycles. The van der Waals surface area contributed by atoms with E-state index in [1.807, 2.05) is 44.2 Å². The van der Waals surface area contributed by atoms with Gasteiger partial charge in [0.15, 0.2) is 6.10 Å². The van der Waals surface area contributed by atoms with Crippen molar-refractivity contribution in [3.63, 3.8) is 0 Å². The number of ether oxygens (including phenoxy) is 1. The Morgan fingerprint density at radius 1 is 1.13 bits per heavy atom. The number of hydrogen-bond donors (Lipinski definition) is 0. The van der Waals surface area contributed by atoms with E-state index in [9.17, 15) is 0 Å². The van der Waals surface area contributed by atoms with Crippen molar-refractivity contribution >= 4 is 27.5 Å². The van der Waals surface area contributed by atoms with Crippen molar-refractivity contribution in [3.05, 3.63) is 63.4 Å². The Hall–Kier alpha value is -1.85. The first kappa shape index (κ1) is 16.0. The van der Waals surface area contributed by atoms with Crippen LogP contribution in [0.15, 0.2) is 51.4 Å². The van der Waals surface area contributed by atoms with E-state index in [4.69, 9.17) is 20.8 Å². The molecule has 0 radical (unpaired) electrons. The summed E-state index contributed by atoms with van der Waals surface area (Å²) in [6.07, 6.45) is -0.402. The zero-order valence-electron chi connectivity index (χ0n) is 12.6. The maximum atomic E-state index is 6.16. The first-order chi connectivity index (χ1) is 11.0. The first-order valence-corrected chi connectivity index (χ1v) is 8.22. The summed E-state index contributed by atoms with van der Waals surface area (Å²) in [5.74, 6) is 1.44. The molecule has 0 saturated heterocycles. The summed E-state index contributed by atoms with van der Waals surface area (Å²) < 4.78 is 12.4. The molecular formula is C17H14BrClN2O2. The smallest absolute Gasteiger partial charge is 0.257 e. The van der Waals surface area contributed by atoms with Crippen LogP contribution in [0.1, 0.15) is 24.5 Å². The molecule has 1 aromatic heterocycles. The molecule has 0 spiro atoms. The fraction of sp³-hybridized carbons (Fsp3) is 0.176. The van der Waals surface area contributed by atoms with Crippen LogP contribution in [-0.4, -0.2) is 10.2 Å². The second-order valence-corrected chi connectivity index (χ2v) is 6.47. The molecule has 0 fully saturated rings. The Labute approximate surface area is 147 Å². The van der Waals surface area contributed by atoms with Gasteiger partial charge in [0.2, 0.25) is 5.89 Å². The third-order valence-electron chi connectivity index (χ3n) is 3.28. The van der Waals surface area contributed by atoms with Crippen LogP contribution >= 0.6 is 27.5 Å². The summed E-state index contributed by atoms with van der Waals surface area (Å²) in [5.41, 5.74) is 2.05. The van der Waals surface area contributed by atoms with Gasteiger partial charge in [-0.3, -0.25) is 0 Å². The van der Waals surface area contributed by atoms with Crippen molar-refractivity contribution in [3.8, 4) is 17.2 Å². The van der Waals surface area contributed by atoms with Gasteiger partial charge in [0.25, 0.3) is 5.89 Å². The standard InChI is InChI=1S/C17H14BrClN2O2/c1-10-3-5-12(6-4-10)17-21-20-16(23-17)11(2)22-15-8-7-13(18)9-14(15)19/h3-9,11H,1-2H3/t11-/m0/s1. The lowest BCUT2D eigenvalue weighted by molar-refractivity contribution is 0.190. The van der Waals surface area contributed by atoms with E-state index >= 15 is 0 Å². The van der Waals surface area contributed by atoms with E-state index in [-0.39, 0.29) is 0 Å². The predicted octanol–water partition coefficient (Wildman–Crippen LogP) is 5.60. The number of rotatable bonds is 4. The van der Waals surface area contributed by atoms with Crippen LogP contribution < -0.4 is 4.74 Å². The lowest BCUT2D eigenvalue weighted by Gasteiger charge is -2.12. The Balaban J connectivity index is 1.78. The van der Waals surface area contributed by atoms with E-state index in [1.165, 1.54) is 5.56 Å². The van der Waals surface area contributed by atoms with Gasteiger partial charge in [-0.1, -0.05) is 45.2 Å². The van der Waals surface area contributed by atoms with Crippen LogP contribution in [0.25, 0.3) is 11.5 Å². The molecule has 0 bridgehead atoms. The minimum atomic E-state index is -0.402. The van der Waals surface area contributed by atoms with E-state index in [1.54, 1.807) is 12.1 Å². The number of hydrogen-bond acceptors (Lipinski definition) is 4. The van der Waals surface area contributed by atoms with Crippen molar-refractivity contribution in [1.82, 2.24) is 10.2 Å². The molecule has 0 amide bonds. The van der Waals surface area contributed by atoms with Crippen molar-refractivity contribution in [2.24, 2.45) is 0 Å². The van der Waals surface area contributed by atoms with Gasteiger partial charge >= 0.3 is 0 Å². The van der Waals surface area contributed by atoms with Crippen LogP contribution in [0.2, 0.25) is 5.02 Å². The Kier molecular flexibility index (Phi) is 4.68. The maximum absolute atomic E-state index is 6.16. The molecule has 6 heteroatoms. The SMILES string of the molecule is Cc1ccc(-c2nnc([C@H](C)Oc3ccc(Br)cc3Cl)o2)cc1. The minimum absolute atomic E-state index is 0.402. The second kappa shape index (κ2) is 6.72. The average Bonchev–Trinajstić information content (AvgIpc) is 3.01. The van der Waals surface area contributed by atoms with Crippen molar-refractivity contribution < 1.29 is 9.15 Å². The van der Waals surface area contributed by atoms with Gasteiger partial charge in [0, 0.05) is 10.0 Å². The van der Waals surface area contributed by atoms with Crippen LogP contribution in [0.4, 0.5) is 0 Å². The zero-order chi connectivity index (χ0) is 16.4. The molecule has 2 aromatic carbocycles. The monoisotopic (exact) mass is 392 g/mol. The molecular weight excluding hydrogens is 380 g/mol. The fourth-order valence-corrected chi connectivity index (χ4v) is 2.74. The summed E-state index contributed by atoms with van der Waals surface area (Å²) in [5, 5.41) is 8.66. The van der Waals surface area contributed by atoms with Gasteiger partial charge in [0.05, 0.1) is 5.02 Å². The highest BCUT2D eigenvalue weighted by Gasteiger charge is 2.17. The highest BCUT2D eigenvalue weighted by atomic mass is 79.9. The summed E-state index contributed by atoms with van der Waals surface area (Å²) >= 11 is 9.52. The highest BCUT2D eigenvalue weighted by molar-refractivity contribution is 9.10. The van der Waals surface area contributed by atoms with E-state index in [0.717, 1.165) is 10.0 Å². The van der Waals surface area contributed by atoms with Crippen LogP contribution in [-0.2, 0) is 0 Å². The van der Waals surface area contributed by atoms with Gasteiger partial charge < -0.3 is 9.15 Å². The van der Waals surface area contributed by atoms with Crippen molar-refractivity contribution in [2.45, 2.75) is 20.0 Å². The lowest BCUT2D eigenvalue weighted by atomic mass is 10.1. The number of nitrogens with zero attached hydrogens (tertiary/aromatic N) is 2. The van der Waals surface area contributed by atoms with Crippen molar-refractivity contribution in [1.29, 1.82) is 0 Å². The molecule has 0 N–H and O–H groups in total. The quantitative estimate of drug-likeness (QED) is 0.579. The molecule has 3 aromatic rings. The van der Waals surface area contributed by atoms with Crippen molar-refractivity contribution in [2.75, 3.05) is 0 Å². The molecule has 1 atom stereocenters. The molecule has 0 unspecified atom stereocenters. The third kappa shape index (κ3) is 3.74. The molecule has 1 heterocycles. The van der Waals surface area contributed by atoms with Gasteiger partial charge in [0.1, 0.15) is 5.75 Å². The lowest BCUT2D eigenvalue weighted by Crippen LogP contribution is -2.03. The average molecular weight is 394 g/mol. The van der Waals surface area contributed by atoms with Gasteiger partial charge in [-0.25, -0.2) is 0 Å². The zero-order valence-corrected chi connectivity index (χ0v) is 14.9. The first-order valence-electron chi connectivity index (χ1n) is 7.05. The summed E-state index contributed by atoms with van der Waals surface area (Å²) in [6, 6.07) is 13.3. The van der Waals surface area contributed by atoms with Crippen LogP contribution in [0.5, 0.6) is 5.75 Å². The van der Waals surface area contributed by atoms with Gasteiger partial charge in [-0.05, 0) is 44.2 Å². The largest absolute Gasteiger partial charge is 0.479 e. The maximum Gasteiger partial charge on any atom is 0.257 e. The molecule has 0 aliphatic carbocycles. The Morgan fingerprint density at radius 2 is 1.87 bits per heavy atom. The summed E-state index contributed by atoms with van der Waals surface area (Å²) in [7, 11) is 0. The van der Waals surface area contributed by atoms with Crippen LogP contribution in [0, 0.1) is 6.92 Å². The van der Waals surface area contributed by atoms with Crippen LogP contribution in [0.3, 0.4) is 0 Å². The summed E-state index contributed by atoms with van der Waals surface area (Å²) in [6.45, 7) is 3.87. The number of aryl methyl sites for hydroxylation is 1. The molecule has 3 rings (SSSR count). The number of aromatic nitrogens is 2. The predicted molar refractivity (Wildman–Crippen MR) is 92.7 cm³/mol. The molecule has 118 valence electrons. The molecule has 23 heavy (non-hydrogen) atoms. The van der Waals surface area contributed by atoms with E-state index < -0.39 is 6.10 Å². The van der Waals surface area contributed by atoms with E-state index in [2.05, 4.69) is 26.1 Å². The Morgan fingerprint density at radius 3 is 2.57 bits per heavy atom. The topological polar surface area (TPSA) is 48.2 Å². The number of halogens is 2. The minimum Gasteiger partial charge on any atom is -0.479 e.